The molecule has 2 aromatic rings. The Balaban J connectivity index is 2.38. The molecule has 1 N–H and O–H groups in total. The Kier molecular flexibility index (Phi) is 4.61. The van der Waals surface area contributed by atoms with E-state index in [2.05, 4.69) is 37.5 Å². The Morgan fingerprint density at radius 3 is 2.58 bits per heavy atom. The SMILES string of the molecule is CNC(c1nc(C(C)C)cs1)c1ccc(Cl)cc1C. The average molecular weight is 295 g/mol. The van der Waals surface area contributed by atoms with E-state index in [1.807, 2.05) is 19.2 Å². The molecule has 2 rings (SSSR count). The second kappa shape index (κ2) is 6.04. The van der Waals surface area contributed by atoms with Gasteiger partial charge in [0.25, 0.3) is 0 Å². The molecule has 0 spiro atoms. The minimum Gasteiger partial charge on any atom is -0.307 e. The lowest BCUT2D eigenvalue weighted by molar-refractivity contribution is 0.675. The first-order valence-electron chi connectivity index (χ1n) is 6.41. The number of thiazole rings is 1. The van der Waals surface area contributed by atoms with E-state index in [-0.39, 0.29) is 6.04 Å². The molecule has 4 heteroatoms. The van der Waals surface area contributed by atoms with Crippen LogP contribution in [0.1, 0.15) is 47.6 Å². The summed E-state index contributed by atoms with van der Waals surface area (Å²) in [5, 5.41) is 7.38. The van der Waals surface area contributed by atoms with E-state index in [4.69, 9.17) is 16.6 Å². The Bertz CT molecular complexity index is 563. The van der Waals surface area contributed by atoms with Crippen LogP contribution >= 0.6 is 22.9 Å². The predicted octanol–water partition coefficient (Wildman–Crippen LogP) is 4.54. The van der Waals surface area contributed by atoms with Gasteiger partial charge in [-0.05, 0) is 43.1 Å². The molecule has 0 aliphatic carbocycles. The smallest absolute Gasteiger partial charge is 0.114 e. The number of nitrogens with zero attached hydrogens (tertiary/aromatic N) is 1. The summed E-state index contributed by atoms with van der Waals surface area (Å²) in [6.45, 7) is 6.42. The van der Waals surface area contributed by atoms with Crippen molar-refractivity contribution in [2.45, 2.75) is 32.7 Å². The molecule has 0 aliphatic rings. The Morgan fingerprint density at radius 1 is 1.32 bits per heavy atom. The molecule has 2 nitrogen and oxygen atoms in total. The molecule has 102 valence electrons. The van der Waals surface area contributed by atoms with Gasteiger partial charge in [-0.2, -0.15) is 0 Å². The van der Waals surface area contributed by atoms with Crippen molar-refractivity contribution in [3.63, 3.8) is 0 Å². The van der Waals surface area contributed by atoms with Gasteiger partial charge in [0.1, 0.15) is 5.01 Å². The molecule has 1 unspecified atom stereocenters. The maximum absolute atomic E-state index is 6.02. The molecule has 1 aromatic heterocycles. The summed E-state index contributed by atoms with van der Waals surface area (Å²) in [7, 11) is 1.97. The van der Waals surface area contributed by atoms with Crippen molar-refractivity contribution in [2.24, 2.45) is 0 Å². The molecule has 1 atom stereocenters. The van der Waals surface area contributed by atoms with Crippen LogP contribution in [0.5, 0.6) is 0 Å². The number of aryl methyl sites for hydroxylation is 1. The lowest BCUT2D eigenvalue weighted by Gasteiger charge is -2.16. The summed E-state index contributed by atoms with van der Waals surface area (Å²) in [6.07, 6.45) is 0. The van der Waals surface area contributed by atoms with Crippen LogP contribution in [0.2, 0.25) is 5.02 Å². The van der Waals surface area contributed by atoms with Gasteiger partial charge >= 0.3 is 0 Å². The first-order valence-corrected chi connectivity index (χ1v) is 7.67. The van der Waals surface area contributed by atoms with Gasteiger partial charge in [-0.3, -0.25) is 0 Å². The van der Waals surface area contributed by atoms with Crippen LogP contribution in [0.25, 0.3) is 0 Å². The predicted molar refractivity (Wildman–Crippen MR) is 83.3 cm³/mol. The number of halogens is 1. The fourth-order valence-electron chi connectivity index (χ4n) is 2.07. The lowest BCUT2D eigenvalue weighted by atomic mass is 10.0. The van der Waals surface area contributed by atoms with Crippen LogP contribution in [0.3, 0.4) is 0 Å². The fourth-order valence-corrected chi connectivity index (χ4v) is 3.41. The van der Waals surface area contributed by atoms with E-state index in [1.54, 1.807) is 11.3 Å². The van der Waals surface area contributed by atoms with E-state index < -0.39 is 0 Å². The van der Waals surface area contributed by atoms with E-state index in [0.717, 1.165) is 15.7 Å². The van der Waals surface area contributed by atoms with E-state index >= 15 is 0 Å². The van der Waals surface area contributed by atoms with Crippen molar-refractivity contribution in [3.8, 4) is 0 Å². The number of hydrogen-bond donors (Lipinski definition) is 1. The van der Waals surface area contributed by atoms with Crippen molar-refractivity contribution in [1.29, 1.82) is 0 Å². The summed E-state index contributed by atoms with van der Waals surface area (Å²) in [5.74, 6) is 0.467. The quantitative estimate of drug-likeness (QED) is 0.895. The number of hydrogen-bond acceptors (Lipinski definition) is 3. The van der Waals surface area contributed by atoms with E-state index in [1.165, 1.54) is 11.1 Å². The van der Waals surface area contributed by atoms with Crippen LogP contribution in [0, 0.1) is 6.92 Å². The zero-order valence-electron chi connectivity index (χ0n) is 11.7. The van der Waals surface area contributed by atoms with E-state index in [9.17, 15) is 0 Å². The third-order valence-corrected chi connectivity index (χ3v) is 4.37. The number of nitrogens with one attached hydrogen (secondary N) is 1. The summed E-state index contributed by atoms with van der Waals surface area (Å²) >= 11 is 7.73. The second-order valence-electron chi connectivity index (χ2n) is 4.99. The summed E-state index contributed by atoms with van der Waals surface area (Å²) in [6, 6.07) is 6.15. The minimum absolute atomic E-state index is 0.134. The van der Waals surface area contributed by atoms with Crippen LogP contribution in [-0.2, 0) is 0 Å². The molecule has 1 aromatic carbocycles. The first kappa shape index (κ1) is 14.5. The van der Waals surface area contributed by atoms with Crippen LogP contribution in [-0.4, -0.2) is 12.0 Å². The third-order valence-electron chi connectivity index (χ3n) is 3.21. The Labute approximate surface area is 123 Å². The highest BCUT2D eigenvalue weighted by molar-refractivity contribution is 7.09. The summed E-state index contributed by atoms with van der Waals surface area (Å²) in [4.78, 5) is 4.74. The molecule has 19 heavy (non-hydrogen) atoms. The van der Waals surface area contributed by atoms with Gasteiger partial charge in [-0.1, -0.05) is 31.5 Å². The van der Waals surface area contributed by atoms with Crippen LogP contribution in [0.4, 0.5) is 0 Å². The number of benzene rings is 1. The number of aromatic nitrogens is 1. The third kappa shape index (κ3) is 3.16. The summed E-state index contributed by atoms with van der Waals surface area (Å²) < 4.78 is 0. The van der Waals surface area contributed by atoms with Gasteiger partial charge < -0.3 is 5.32 Å². The second-order valence-corrected chi connectivity index (χ2v) is 6.31. The topological polar surface area (TPSA) is 24.9 Å². The van der Waals surface area contributed by atoms with Crippen molar-refractivity contribution < 1.29 is 0 Å². The minimum atomic E-state index is 0.134. The fraction of sp³-hybridized carbons (Fsp3) is 0.400. The molecule has 0 saturated carbocycles. The Hall–Kier alpha value is -0.900. The van der Waals surface area contributed by atoms with Crippen molar-refractivity contribution in [1.82, 2.24) is 10.3 Å². The standard InChI is InChI=1S/C15H19ClN2S/c1-9(2)13-8-19-15(18-13)14(17-4)12-6-5-11(16)7-10(12)3/h5-9,14,17H,1-4H3. The van der Waals surface area contributed by atoms with Crippen molar-refractivity contribution >= 4 is 22.9 Å². The van der Waals surface area contributed by atoms with Gasteiger partial charge in [0, 0.05) is 10.4 Å². The molecule has 0 fully saturated rings. The van der Waals surface area contributed by atoms with Gasteiger partial charge in [-0.15, -0.1) is 11.3 Å². The van der Waals surface area contributed by atoms with Gasteiger partial charge in [0.2, 0.25) is 0 Å². The zero-order chi connectivity index (χ0) is 14.0. The van der Waals surface area contributed by atoms with Gasteiger partial charge in [-0.25, -0.2) is 4.98 Å². The van der Waals surface area contributed by atoms with Crippen molar-refractivity contribution in [3.05, 3.63) is 50.4 Å². The average Bonchev–Trinajstić information content (AvgIpc) is 2.82. The monoisotopic (exact) mass is 294 g/mol. The van der Waals surface area contributed by atoms with Crippen LogP contribution in [0.15, 0.2) is 23.6 Å². The van der Waals surface area contributed by atoms with Gasteiger partial charge in [0.05, 0.1) is 11.7 Å². The van der Waals surface area contributed by atoms with Crippen LogP contribution < -0.4 is 5.32 Å². The first-order chi connectivity index (χ1) is 9.02. The molecular formula is C15H19ClN2S. The molecule has 0 amide bonds. The molecule has 0 aliphatic heterocycles. The van der Waals surface area contributed by atoms with Gasteiger partial charge in [0.15, 0.2) is 0 Å². The molecule has 0 radical (unpaired) electrons. The highest BCUT2D eigenvalue weighted by Gasteiger charge is 2.18. The Morgan fingerprint density at radius 2 is 2.05 bits per heavy atom. The highest BCUT2D eigenvalue weighted by Crippen LogP contribution is 2.30. The van der Waals surface area contributed by atoms with E-state index in [0.29, 0.717) is 5.92 Å². The zero-order valence-corrected chi connectivity index (χ0v) is 13.3. The number of rotatable bonds is 4. The highest BCUT2D eigenvalue weighted by atomic mass is 35.5. The summed E-state index contributed by atoms with van der Waals surface area (Å²) in [5.41, 5.74) is 3.58. The maximum Gasteiger partial charge on any atom is 0.114 e. The molecule has 1 heterocycles. The van der Waals surface area contributed by atoms with Crippen molar-refractivity contribution in [2.75, 3.05) is 7.05 Å². The molecular weight excluding hydrogens is 276 g/mol. The molecule has 0 bridgehead atoms. The largest absolute Gasteiger partial charge is 0.307 e. The maximum atomic E-state index is 6.02. The molecule has 0 saturated heterocycles. The lowest BCUT2D eigenvalue weighted by Crippen LogP contribution is -2.18. The normalized spacial score (nSPS) is 12.9.